The number of likely N-dealkylation sites (N-methyl/N-ethyl adjacent to an activating group) is 1. The molecule has 0 aromatic heterocycles. The Morgan fingerprint density at radius 2 is 1.48 bits per heavy atom. The van der Waals surface area contributed by atoms with E-state index < -0.39 is 0 Å². The quantitative estimate of drug-likeness (QED) is 0.200. The first-order valence-corrected chi connectivity index (χ1v) is 15.5. The normalized spacial score (nSPS) is 15.2. The van der Waals surface area contributed by atoms with Crippen LogP contribution in [0.4, 0.5) is 0 Å². The molecule has 0 bridgehead atoms. The molecule has 4 aromatic rings. The lowest BCUT2D eigenvalue weighted by Crippen LogP contribution is -2.37. The van der Waals surface area contributed by atoms with Crippen LogP contribution in [0.5, 0.6) is 0 Å². The van der Waals surface area contributed by atoms with Gasteiger partial charge >= 0.3 is 0 Å². The van der Waals surface area contributed by atoms with E-state index in [4.69, 9.17) is 11.6 Å². The molecule has 1 N–H and O–H groups in total. The Kier molecular flexibility index (Phi) is 10.5. The summed E-state index contributed by atoms with van der Waals surface area (Å²) in [6, 6.07) is 37.8. The summed E-state index contributed by atoms with van der Waals surface area (Å²) in [5.74, 6) is 0.965. The van der Waals surface area contributed by atoms with Crippen LogP contribution in [0.3, 0.4) is 0 Å². The van der Waals surface area contributed by atoms with Crippen molar-refractivity contribution >= 4 is 17.5 Å². The molecule has 5 rings (SSSR count). The molecule has 1 heterocycles. The maximum Gasteiger partial charge on any atom is 0.251 e. The van der Waals surface area contributed by atoms with Gasteiger partial charge in [-0.2, -0.15) is 0 Å². The van der Waals surface area contributed by atoms with Gasteiger partial charge in [-0.05, 0) is 92.8 Å². The van der Waals surface area contributed by atoms with Gasteiger partial charge in [0, 0.05) is 29.6 Å². The second-order valence-electron chi connectivity index (χ2n) is 11.7. The molecule has 0 spiro atoms. The molecule has 1 unspecified atom stereocenters. The topological polar surface area (TPSA) is 35.6 Å². The SMILES string of the molecule is CN(C)C(CNC(=O)c1cccc(CC2CCN(CC(c3ccccc3)c3ccccc3)CC2)c1)c1ccccc1Cl. The third-order valence-electron chi connectivity index (χ3n) is 8.61. The van der Waals surface area contributed by atoms with E-state index in [0.29, 0.717) is 23.4 Å². The highest BCUT2D eigenvalue weighted by Crippen LogP contribution is 2.29. The van der Waals surface area contributed by atoms with E-state index in [1.807, 2.05) is 50.5 Å². The number of nitrogens with one attached hydrogen (secondary N) is 1. The third-order valence-corrected chi connectivity index (χ3v) is 8.95. The van der Waals surface area contributed by atoms with E-state index >= 15 is 0 Å². The smallest absolute Gasteiger partial charge is 0.251 e. The van der Waals surface area contributed by atoms with E-state index in [1.54, 1.807) is 0 Å². The molecule has 218 valence electrons. The molecular weight excluding hydrogens is 538 g/mol. The first-order valence-electron chi connectivity index (χ1n) is 15.1. The fourth-order valence-corrected chi connectivity index (χ4v) is 6.45. The zero-order chi connectivity index (χ0) is 29.3. The average Bonchev–Trinajstić information content (AvgIpc) is 3.02. The number of benzene rings is 4. The molecule has 0 aliphatic carbocycles. The van der Waals surface area contributed by atoms with Crippen LogP contribution < -0.4 is 5.32 Å². The van der Waals surface area contributed by atoms with Crippen molar-refractivity contribution in [3.63, 3.8) is 0 Å². The van der Waals surface area contributed by atoms with Crippen molar-refractivity contribution in [2.75, 3.05) is 40.3 Å². The molecule has 5 heteroatoms. The Hall–Kier alpha value is -3.44. The van der Waals surface area contributed by atoms with Gasteiger partial charge in [-0.15, -0.1) is 0 Å². The number of carbonyl (C=O) groups excluding carboxylic acids is 1. The van der Waals surface area contributed by atoms with Gasteiger partial charge < -0.3 is 15.1 Å². The number of hydrogen-bond donors (Lipinski definition) is 1. The van der Waals surface area contributed by atoms with Crippen LogP contribution in [-0.4, -0.2) is 56.0 Å². The van der Waals surface area contributed by atoms with Crippen LogP contribution in [0.25, 0.3) is 0 Å². The van der Waals surface area contributed by atoms with Crippen molar-refractivity contribution in [2.45, 2.75) is 31.2 Å². The maximum atomic E-state index is 13.1. The fourth-order valence-electron chi connectivity index (χ4n) is 6.19. The third kappa shape index (κ3) is 7.89. The molecule has 1 fully saturated rings. The number of halogens is 1. The minimum absolute atomic E-state index is 0.000559. The van der Waals surface area contributed by atoms with Gasteiger partial charge in [-0.25, -0.2) is 0 Å². The molecule has 0 radical (unpaired) electrons. The van der Waals surface area contributed by atoms with Crippen molar-refractivity contribution in [3.8, 4) is 0 Å². The highest BCUT2D eigenvalue weighted by Gasteiger charge is 2.24. The summed E-state index contributed by atoms with van der Waals surface area (Å²) in [4.78, 5) is 17.9. The first-order chi connectivity index (χ1) is 20.5. The number of carbonyl (C=O) groups is 1. The molecule has 1 aliphatic rings. The first kappa shape index (κ1) is 30.0. The molecular formula is C37H42ClN3O. The van der Waals surface area contributed by atoms with E-state index in [2.05, 4.69) is 87.9 Å². The summed E-state index contributed by atoms with van der Waals surface area (Å²) >= 11 is 6.46. The molecule has 1 atom stereocenters. The molecule has 42 heavy (non-hydrogen) atoms. The van der Waals surface area contributed by atoms with Crippen molar-refractivity contribution in [1.29, 1.82) is 0 Å². The zero-order valence-electron chi connectivity index (χ0n) is 24.8. The average molecular weight is 580 g/mol. The van der Waals surface area contributed by atoms with Crippen LogP contribution in [0.1, 0.15) is 57.4 Å². The molecule has 1 amide bonds. The summed E-state index contributed by atoms with van der Waals surface area (Å²) in [5.41, 5.74) is 5.73. The predicted octanol–water partition coefficient (Wildman–Crippen LogP) is 7.46. The highest BCUT2D eigenvalue weighted by atomic mass is 35.5. The lowest BCUT2D eigenvalue weighted by molar-refractivity contribution is 0.0941. The Labute approximate surface area is 256 Å². The minimum atomic E-state index is -0.0431. The van der Waals surface area contributed by atoms with Crippen LogP contribution in [0.15, 0.2) is 109 Å². The monoisotopic (exact) mass is 579 g/mol. The fraction of sp³-hybridized carbons (Fsp3) is 0.324. The molecule has 1 saturated heterocycles. The van der Waals surface area contributed by atoms with Crippen molar-refractivity contribution in [1.82, 2.24) is 15.1 Å². The number of rotatable bonds is 11. The van der Waals surface area contributed by atoms with Crippen LogP contribution in [0, 0.1) is 5.92 Å². The van der Waals surface area contributed by atoms with Gasteiger partial charge in [0.25, 0.3) is 5.91 Å². The minimum Gasteiger partial charge on any atom is -0.350 e. The van der Waals surface area contributed by atoms with Gasteiger partial charge in [0.2, 0.25) is 0 Å². The lowest BCUT2D eigenvalue weighted by Gasteiger charge is -2.34. The zero-order valence-corrected chi connectivity index (χ0v) is 25.5. The van der Waals surface area contributed by atoms with Gasteiger partial charge in [0.05, 0.1) is 6.04 Å². The number of piperidine rings is 1. The summed E-state index contributed by atoms with van der Waals surface area (Å²) in [7, 11) is 4.02. The maximum absolute atomic E-state index is 13.1. The standard InChI is InChI=1S/C37H42ClN3O/c1-40(2)36(33-18-9-10-19-35(33)38)26-39-37(42)32-17-11-12-29(25-32)24-28-20-22-41(23-21-28)27-34(30-13-5-3-6-14-30)31-15-7-4-8-16-31/h3-19,25,28,34,36H,20-24,26-27H2,1-2H3,(H,39,42). The summed E-state index contributed by atoms with van der Waals surface area (Å²) in [6.07, 6.45) is 3.36. The largest absolute Gasteiger partial charge is 0.350 e. The number of hydrogen-bond acceptors (Lipinski definition) is 3. The van der Waals surface area contributed by atoms with Crippen molar-refractivity contribution in [3.05, 3.63) is 142 Å². The second kappa shape index (κ2) is 14.6. The second-order valence-corrected chi connectivity index (χ2v) is 12.1. The van der Waals surface area contributed by atoms with Gasteiger partial charge in [-0.3, -0.25) is 4.79 Å². The van der Waals surface area contributed by atoms with Crippen molar-refractivity contribution in [2.24, 2.45) is 5.92 Å². The van der Waals surface area contributed by atoms with Gasteiger partial charge in [-0.1, -0.05) is 103 Å². The number of amides is 1. The predicted molar refractivity (Wildman–Crippen MR) is 174 cm³/mol. The highest BCUT2D eigenvalue weighted by molar-refractivity contribution is 6.31. The summed E-state index contributed by atoms with van der Waals surface area (Å²) < 4.78 is 0. The van der Waals surface area contributed by atoms with Crippen molar-refractivity contribution < 1.29 is 4.79 Å². The Bertz CT molecular complexity index is 1380. The summed E-state index contributed by atoms with van der Waals surface area (Å²) in [6.45, 7) is 3.74. The molecule has 0 saturated carbocycles. The Balaban J connectivity index is 1.15. The molecule has 1 aliphatic heterocycles. The number of likely N-dealkylation sites (tertiary alicyclic amines) is 1. The summed E-state index contributed by atoms with van der Waals surface area (Å²) in [5, 5.41) is 3.86. The van der Waals surface area contributed by atoms with Crippen LogP contribution in [-0.2, 0) is 6.42 Å². The van der Waals surface area contributed by atoms with Crippen LogP contribution in [0.2, 0.25) is 5.02 Å². The Morgan fingerprint density at radius 1 is 0.857 bits per heavy atom. The van der Waals surface area contributed by atoms with E-state index in [-0.39, 0.29) is 11.9 Å². The van der Waals surface area contributed by atoms with E-state index in [9.17, 15) is 4.79 Å². The number of nitrogens with zero attached hydrogens (tertiary/aromatic N) is 2. The van der Waals surface area contributed by atoms with Crippen LogP contribution >= 0.6 is 11.6 Å². The molecule has 4 nitrogen and oxygen atoms in total. The molecule has 4 aromatic carbocycles. The Morgan fingerprint density at radius 3 is 2.10 bits per heavy atom. The van der Waals surface area contributed by atoms with Gasteiger partial charge in [0.15, 0.2) is 0 Å². The van der Waals surface area contributed by atoms with Gasteiger partial charge in [0.1, 0.15) is 0 Å². The van der Waals surface area contributed by atoms with E-state index in [0.717, 1.165) is 37.2 Å². The van der Waals surface area contributed by atoms with E-state index in [1.165, 1.54) is 29.5 Å². The lowest BCUT2D eigenvalue weighted by atomic mass is 9.87.